The lowest BCUT2D eigenvalue weighted by Crippen LogP contribution is -2.46. The molecule has 1 fully saturated rings. The predicted octanol–water partition coefficient (Wildman–Crippen LogP) is 2.83. The number of hydrogen-bond donors (Lipinski definition) is 3. The van der Waals surface area contributed by atoms with Crippen molar-refractivity contribution in [1.29, 1.82) is 0 Å². The van der Waals surface area contributed by atoms with E-state index in [9.17, 15) is 13.4 Å². The standard InChI is InChI=1S/C23H25FN6O2S/c24-20-11-15(5-6-19(20)21-12-28-22(25)13-27-21)18-4-2-1-3-16(18)14-33(32)30-9-7-17(8-10-30)29-23(26)31/h1-6,11-13,17H,7-10,14H2,(H2,25,28)(H3,26,29,31). The fourth-order valence-corrected chi connectivity index (χ4v) is 5.24. The topological polar surface area (TPSA) is 127 Å². The molecule has 3 aromatic rings. The average molecular weight is 469 g/mol. The summed E-state index contributed by atoms with van der Waals surface area (Å²) in [4.78, 5) is 19.1. The zero-order valence-corrected chi connectivity index (χ0v) is 18.7. The van der Waals surface area contributed by atoms with Gasteiger partial charge in [-0.2, -0.15) is 0 Å². The number of urea groups is 1. The molecule has 2 heterocycles. The lowest BCUT2D eigenvalue weighted by Gasteiger charge is -2.31. The highest BCUT2D eigenvalue weighted by Gasteiger charge is 2.24. The molecule has 1 saturated heterocycles. The zero-order valence-electron chi connectivity index (χ0n) is 17.9. The summed E-state index contributed by atoms with van der Waals surface area (Å²) in [5.41, 5.74) is 13.9. The first-order valence-electron chi connectivity index (χ1n) is 10.6. The molecule has 0 aliphatic carbocycles. The smallest absolute Gasteiger partial charge is 0.312 e. The van der Waals surface area contributed by atoms with E-state index in [0.29, 0.717) is 48.5 Å². The molecule has 1 aliphatic heterocycles. The second-order valence-electron chi connectivity index (χ2n) is 7.86. The van der Waals surface area contributed by atoms with Gasteiger partial charge in [0, 0.05) is 24.7 Å². The number of nitrogen functional groups attached to an aromatic ring is 1. The Morgan fingerprint density at radius 1 is 1.12 bits per heavy atom. The van der Waals surface area contributed by atoms with E-state index in [1.807, 2.05) is 34.6 Å². The summed E-state index contributed by atoms with van der Waals surface area (Å²) in [7, 11) is -1.25. The number of anilines is 1. The summed E-state index contributed by atoms with van der Waals surface area (Å²) in [5.74, 6) is 0.161. The van der Waals surface area contributed by atoms with Gasteiger partial charge in [0.25, 0.3) is 0 Å². The summed E-state index contributed by atoms with van der Waals surface area (Å²) >= 11 is 0. The molecule has 1 atom stereocenters. The van der Waals surface area contributed by atoms with Crippen LogP contribution < -0.4 is 16.8 Å². The summed E-state index contributed by atoms with van der Waals surface area (Å²) in [6.45, 7) is 1.21. The molecule has 1 unspecified atom stereocenters. The van der Waals surface area contributed by atoms with Gasteiger partial charge in [0.1, 0.15) is 11.6 Å². The SMILES string of the molecule is NC(=O)NC1CCN(S(=O)Cc2ccccc2-c2ccc(-c3cnc(N)cn3)c(F)c2)CC1. The Kier molecular flexibility index (Phi) is 6.95. The molecule has 1 aliphatic rings. The highest BCUT2D eigenvalue weighted by molar-refractivity contribution is 7.81. The van der Waals surface area contributed by atoms with Crippen molar-refractivity contribution >= 4 is 22.8 Å². The van der Waals surface area contributed by atoms with Crippen LogP contribution in [0.5, 0.6) is 0 Å². The summed E-state index contributed by atoms with van der Waals surface area (Å²) in [6.07, 6.45) is 4.21. The molecule has 1 aromatic heterocycles. The van der Waals surface area contributed by atoms with Gasteiger partial charge in [-0.15, -0.1) is 0 Å². The molecular formula is C23H25FN6O2S. The number of aromatic nitrogens is 2. The van der Waals surface area contributed by atoms with Crippen LogP contribution in [-0.2, 0) is 16.7 Å². The number of halogens is 1. The number of nitrogens with two attached hydrogens (primary N) is 2. The first-order chi connectivity index (χ1) is 15.9. The molecule has 4 rings (SSSR count). The summed E-state index contributed by atoms with van der Waals surface area (Å²) < 4.78 is 29.9. The first-order valence-corrected chi connectivity index (χ1v) is 11.8. The Morgan fingerprint density at radius 2 is 1.88 bits per heavy atom. The third-order valence-corrected chi connectivity index (χ3v) is 7.11. The number of rotatable bonds is 6. The number of amides is 2. The average Bonchev–Trinajstić information content (AvgIpc) is 2.80. The second kappa shape index (κ2) is 10.1. The highest BCUT2D eigenvalue weighted by Crippen LogP contribution is 2.30. The van der Waals surface area contributed by atoms with Crippen molar-refractivity contribution in [2.75, 3.05) is 18.8 Å². The molecule has 0 saturated carbocycles. The van der Waals surface area contributed by atoms with E-state index in [-0.39, 0.29) is 11.9 Å². The Hall–Kier alpha value is -3.37. The minimum Gasteiger partial charge on any atom is -0.382 e. The molecule has 0 radical (unpaired) electrons. The minimum absolute atomic E-state index is 0.00951. The zero-order chi connectivity index (χ0) is 23.4. The molecule has 5 N–H and O–H groups in total. The van der Waals surface area contributed by atoms with Crippen molar-refractivity contribution in [3.63, 3.8) is 0 Å². The fourth-order valence-electron chi connectivity index (χ4n) is 3.92. The fraction of sp³-hybridized carbons (Fsp3) is 0.261. The van der Waals surface area contributed by atoms with E-state index in [1.165, 1.54) is 18.5 Å². The maximum absolute atomic E-state index is 14.9. The number of carbonyl (C=O) groups is 1. The van der Waals surface area contributed by atoms with Gasteiger partial charge in [-0.25, -0.2) is 22.7 Å². The van der Waals surface area contributed by atoms with Gasteiger partial charge in [-0.3, -0.25) is 4.98 Å². The van der Waals surface area contributed by atoms with Gasteiger partial charge in [-0.05, 0) is 41.7 Å². The molecular weight excluding hydrogens is 443 g/mol. The molecule has 0 spiro atoms. The number of primary amides is 1. The lowest BCUT2D eigenvalue weighted by atomic mass is 9.98. The lowest BCUT2D eigenvalue weighted by molar-refractivity contribution is 0.236. The van der Waals surface area contributed by atoms with Crippen LogP contribution in [0, 0.1) is 5.82 Å². The maximum atomic E-state index is 14.9. The van der Waals surface area contributed by atoms with Crippen molar-refractivity contribution in [1.82, 2.24) is 19.6 Å². The van der Waals surface area contributed by atoms with Gasteiger partial charge in [0.15, 0.2) is 0 Å². The van der Waals surface area contributed by atoms with Crippen LogP contribution in [0.2, 0.25) is 0 Å². The number of piperidine rings is 1. The van der Waals surface area contributed by atoms with E-state index in [1.54, 1.807) is 6.07 Å². The molecule has 2 aromatic carbocycles. The van der Waals surface area contributed by atoms with Crippen LogP contribution >= 0.6 is 0 Å². The first kappa shape index (κ1) is 22.8. The maximum Gasteiger partial charge on any atom is 0.312 e. The number of hydrogen-bond acceptors (Lipinski definition) is 5. The van der Waals surface area contributed by atoms with E-state index < -0.39 is 22.8 Å². The molecule has 2 amide bonds. The van der Waals surface area contributed by atoms with Gasteiger partial charge < -0.3 is 16.8 Å². The monoisotopic (exact) mass is 468 g/mol. The van der Waals surface area contributed by atoms with E-state index in [0.717, 1.165) is 11.1 Å². The van der Waals surface area contributed by atoms with Crippen LogP contribution in [0.15, 0.2) is 54.9 Å². The van der Waals surface area contributed by atoms with Gasteiger partial charge in [0.05, 0.1) is 34.8 Å². The molecule has 33 heavy (non-hydrogen) atoms. The van der Waals surface area contributed by atoms with Crippen LogP contribution in [0.3, 0.4) is 0 Å². The minimum atomic E-state index is -1.25. The number of benzene rings is 2. The number of nitrogens with one attached hydrogen (secondary N) is 1. The summed E-state index contributed by atoms with van der Waals surface area (Å²) in [5, 5.41) is 2.71. The number of carbonyl (C=O) groups excluding carboxylic acids is 1. The Balaban J connectivity index is 1.50. The van der Waals surface area contributed by atoms with E-state index >= 15 is 0 Å². The second-order valence-corrected chi connectivity index (χ2v) is 9.30. The Morgan fingerprint density at radius 3 is 2.55 bits per heavy atom. The molecule has 10 heteroatoms. The van der Waals surface area contributed by atoms with Crippen molar-refractivity contribution in [2.24, 2.45) is 5.73 Å². The van der Waals surface area contributed by atoms with E-state index in [4.69, 9.17) is 11.5 Å². The van der Waals surface area contributed by atoms with Crippen molar-refractivity contribution in [2.45, 2.75) is 24.6 Å². The van der Waals surface area contributed by atoms with Crippen molar-refractivity contribution in [3.05, 3.63) is 66.2 Å². The highest BCUT2D eigenvalue weighted by atomic mass is 32.2. The Labute approximate surface area is 193 Å². The summed E-state index contributed by atoms with van der Waals surface area (Å²) in [6, 6.07) is 12.0. The predicted molar refractivity (Wildman–Crippen MR) is 126 cm³/mol. The molecule has 0 bridgehead atoms. The van der Waals surface area contributed by atoms with Crippen LogP contribution in [0.4, 0.5) is 15.0 Å². The molecule has 172 valence electrons. The van der Waals surface area contributed by atoms with Gasteiger partial charge in [-0.1, -0.05) is 30.3 Å². The van der Waals surface area contributed by atoms with Crippen molar-refractivity contribution in [3.8, 4) is 22.4 Å². The third kappa shape index (κ3) is 5.52. The van der Waals surface area contributed by atoms with Crippen LogP contribution in [0.25, 0.3) is 22.4 Å². The molecule has 8 nitrogen and oxygen atoms in total. The largest absolute Gasteiger partial charge is 0.382 e. The van der Waals surface area contributed by atoms with E-state index in [2.05, 4.69) is 15.3 Å². The Bertz CT molecular complexity index is 1170. The third-order valence-electron chi connectivity index (χ3n) is 5.61. The van der Waals surface area contributed by atoms with Gasteiger partial charge >= 0.3 is 6.03 Å². The van der Waals surface area contributed by atoms with Crippen LogP contribution in [0.1, 0.15) is 18.4 Å². The number of nitrogens with zero attached hydrogens (tertiary/aromatic N) is 3. The quantitative estimate of drug-likeness (QED) is 0.513. The van der Waals surface area contributed by atoms with Crippen molar-refractivity contribution < 1.29 is 13.4 Å². The van der Waals surface area contributed by atoms with Crippen LogP contribution in [-0.4, -0.2) is 43.6 Å². The normalized spacial score (nSPS) is 15.8. The van der Waals surface area contributed by atoms with Gasteiger partial charge in [0.2, 0.25) is 0 Å².